The molecule has 3 heteroatoms. The van der Waals surface area contributed by atoms with E-state index in [1.165, 1.54) is 11.1 Å². The zero-order chi connectivity index (χ0) is 14.0. The molecule has 0 spiro atoms. The first-order chi connectivity index (χ1) is 8.93. The molecule has 0 saturated carbocycles. The number of nitrogens with two attached hydrogens (primary N) is 1. The zero-order valence-electron chi connectivity index (χ0n) is 12.5. The van der Waals surface area contributed by atoms with Gasteiger partial charge in [0.2, 0.25) is 0 Å². The molecule has 0 amide bonds. The first kappa shape index (κ1) is 13.9. The Hall–Kier alpha value is -1.51. The monoisotopic (exact) mass is 259 g/mol. The third kappa shape index (κ3) is 2.91. The Bertz CT molecular complexity index is 454. The van der Waals surface area contributed by atoms with Crippen molar-refractivity contribution in [3.8, 4) is 0 Å². The Morgan fingerprint density at radius 1 is 1.26 bits per heavy atom. The SMILES string of the molecule is CCCN1C(N)=NCC1c1ccc(C(C)(C)C)cc1. The van der Waals surface area contributed by atoms with Crippen LogP contribution in [-0.4, -0.2) is 23.9 Å². The Morgan fingerprint density at radius 3 is 2.42 bits per heavy atom. The highest BCUT2D eigenvalue weighted by atomic mass is 15.3. The van der Waals surface area contributed by atoms with E-state index < -0.39 is 0 Å². The van der Waals surface area contributed by atoms with Crippen LogP contribution in [0.3, 0.4) is 0 Å². The van der Waals surface area contributed by atoms with Crippen LogP contribution in [0.1, 0.15) is 51.3 Å². The summed E-state index contributed by atoms with van der Waals surface area (Å²) in [5.74, 6) is 0.687. The van der Waals surface area contributed by atoms with Gasteiger partial charge in [0.25, 0.3) is 0 Å². The summed E-state index contributed by atoms with van der Waals surface area (Å²) in [6.45, 7) is 10.6. The van der Waals surface area contributed by atoms with E-state index in [-0.39, 0.29) is 5.41 Å². The Balaban J connectivity index is 2.19. The summed E-state index contributed by atoms with van der Waals surface area (Å²) in [7, 11) is 0. The average molecular weight is 259 g/mol. The summed E-state index contributed by atoms with van der Waals surface area (Å²) < 4.78 is 0. The normalized spacial score (nSPS) is 19.7. The molecular formula is C16H25N3. The van der Waals surface area contributed by atoms with Crippen molar-refractivity contribution in [2.45, 2.75) is 45.6 Å². The minimum Gasteiger partial charge on any atom is -0.370 e. The highest BCUT2D eigenvalue weighted by molar-refractivity contribution is 5.80. The van der Waals surface area contributed by atoms with Gasteiger partial charge in [-0.05, 0) is 23.0 Å². The van der Waals surface area contributed by atoms with E-state index in [1.807, 2.05) is 0 Å². The molecule has 2 rings (SSSR count). The quantitative estimate of drug-likeness (QED) is 0.906. The molecule has 104 valence electrons. The predicted octanol–water partition coefficient (Wildman–Crippen LogP) is 3.07. The van der Waals surface area contributed by atoms with Crippen molar-refractivity contribution < 1.29 is 0 Å². The van der Waals surface area contributed by atoms with Crippen LogP contribution in [0.4, 0.5) is 0 Å². The lowest BCUT2D eigenvalue weighted by Gasteiger charge is -2.27. The Morgan fingerprint density at radius 2 is 1.89 bits per heavy atom. The van der Waals surface area contributed by atoms with Crippen molar-refractivity contribution in [3.05, 3.63) is 35.4 Å². The fourth-order valence-corrected chi connectivity index (χ4v) is 2.53. The maximum atomic E-state index is 5.97. The minimum absolute atomic E-state index is 0.201. The number of hydrogen-bond donors (Lipinski definition) is 1. The van der Waals surface area contributed by atoms with Crippen molar-refractivity contribution in [1.29, 1.82) is 0 Å². The van der Waals surface area contributed by atoms with Crippen LogP contribution in [0, 0.1) is 0 Å². The van der Waals surface area contributed by atoms with E-state index in [2.05, 4.69) is 61.9 Å². The van der Waals surface area contributed by atoms with E-state index >= 15 is 0 Å². The van der Waals surface area contributed by atoms with Gasteiger partial charge in [-0.15, -0.1) is 0 Å². The predicted molar refractivity (Wildman–Crippen MR) is 81.4 cm³/mol. The second-order valence-electron chi connectivity index (χ2n) is 6.28. The van der Waals surface area contributed by atoms with Gasteiger partial charge in [-0.1, -0.05) is 52.0 Å². The number of rotatable bonds is 3. The molecule has 0 saturated heterocycles. The molecule has 1 heterocycles. The molecule has 19 heavy (non-hydrogen) atoms. The second-order valence-corrected chi connectivity index (χ2v) is 6.28. The highest BCUT2D eigenvalue weighted by Crippen LogP contribution is 2.28. The summed E-state index contributed by atoms with van der Waals surface area (Å²) >= 11 is 0. The lowest BCUT2D eigenvalue weighted by molar-refractivity contribution is 0.347. The van der Waals surface area contributed by atoms with Crippen LogP contribution in [0.5, 0.6) is 0 Å². The van der Waals surface area contributed by atoms with Gasteiger partial charge >= 0.3 is 0 Å². The fourth-order valence-electron chi connectivity index (χ4n) is 2.53. The van der Waals surface area contributed by atoms with Gasteiger partial charge in [-0.25, -0.2) is 0 Å². The molecule has 1 aromatic rings. The van der Waals surface area contributed by atoms with Crippen LogP contribution in [0.15, 0.2) is 29.3 Å². The number of benzene rings is 1. The van der Waals surface area contributed by atoms with E-state index in [1.54, 1.807) is 0 Å². The molecule has 1 unspecified atom stereocenters. The first-order valence-electron chi connectivity index (χ1n) is 7.10. The van der Waals surface area contributed by atoms with Gasteiger partial charge in [-0.3, -0.25) is 4.99 Å². The fraction of sp³-hybridized carbons (Fsp3) is 0.562. The first-order valence-corrected chi connectivity index (χ1v) is 7.10. The van der Waals surface area contributed by atoms with Gasteiger partial charge < -0.3 is 10.6 Å². The summed E-state index contributed by atoms with van der Waals surface area (Å²) in [5.41, 5.74) is 8.85. The Kier molecular flexibility index (Phi) is 3.83. The summed E-state index contributed by atoms with van der Waals surface area (Å²) in [6, 6.07) is 9.22. The van der Waals surface area contributed by atoms with Crippen LogP contribution >= 0.6 is 0 Å². The molecule has 1 atom stereocenters. The van der Waals surface area contributed by atoms with E-state index in [4.69, 9.17) is 5.73 Å². The molecule has 2 N–H and O–H groups in total. The van der Waals surface area contributed by atoms with Gasteiger partial charge in [-0.2, -0.15) is 0 Å². The van der Waals surface area contributed by atoms with Crippen molar-refractivity contribution in [2.75, 3.05) is 13.1 Å². The standard InChI is InChI=1S/C16H25N3/c1-5-10-19-14(11-18-15(19)17)12-6-8-13(9-7-12)16(2,3)4/h6-9,14H,5,10-11H2,1-4H3,(H2,17,18). The van der Waals surface area contributed by atoms with Crippen molar-refractivity contribution in [1.82, 2.24) is 4.90 Å². The van der Waals surface area contributed by atoms with Crippen molar-refractivity contribution in [3.63, 3.8) is 0 Å². The van der Waals surface area contributed by atoms with E-state index in [0.29, 0.717) is 12.0 Å². The summed E-state index contributed by atoms with van der Waals surface area (Å²) in [6.07, 6.45) is 1.09. The van der Waals surface area contributed by atoms with Crippen LogP contribution in [-0.2, 0) is 5.41 Å². The topological polar surface area (TPSA) is 41.6 Å². The second kappa shape index (κ2) is 5.24. The van der Waals surface area contributed by atoms with Crippen molar-refractivity contribution in [2.24, 2.45) is 10.7 Å². The number of aliphatic imine (C=N–C) groups is 1. The molecule has 0 aromatic heterocycles. The maximum absolute atomic E-state index is 5.97. The molecule has 0 fully saturated rings. The molecule has 0 bridgehead atoms. The minimum atomic E-state index is 0.201. The lowest BCUT2D eigenvalue weighted by Crippen LogP contribution is -2.36. The van der Waals surface area contributed by atoms with Gasteiger partial charge in [0.15, 0.2) is 5.96 Å². The number of hydrogen-bond acceptors (Lipinski definition) is 3. The summed E-state index contributed by atoms with van der Waals surface area (Å²) in [4.78, 5) is 6.60. The van der Waals surface area contributed by atoms with Gasteiger partial charge in [0.1, 0.15) is 0 Å². The third-order valence-corrected chi connectivity index (χ3v) is 3.72. The number of guanidine groups is 1. The third-order valence-electron chi connectivity index (χ3n) is 3.72. The smallest absolute Gasteiger partial charge is 0.191 e. The molecule has 1 aliphatic heterocycles. The van der Waals surface area contributed by atoms with Gasteiger partial charge in [0.05, 0.1) is 12.6 Å². The van der Waals surface area contributed by atoms with Crippen LogP contribution < -0.4 is 5.73 Å². The van der Waals surface area contributed by atoms with Crippen molar-refractivity contribution >= 4 is 5.96 Å². The molecular weight excluding hydrogens is 234 g/mol. The molecule has 3 nitrogen and oxygen atoms in total. The zero-order valence-corrected chi connectivity index (χ0v) is 12.5. The maximum Gasteiger partial charge on any atom is 0.191 e. The largest absolute Gasteiger partial charge is 0.370 e. The van der Waals surface area contributed by atoms with Crippen LogP contribution in [0.25, 0.3) is 0 Å². The molecule has 0 radical (unpaired) electrons. The summed E-state index contributed by atoms with van der Waals surface area (Å²) in [5, 5.41) is 0. The molecule has 0 aliphatic carbocycles. The lowest BCUT2D eigenvalue weighted by atomic mass is 9.86. The molecule has 1 aromatic carbocycles. The van der Waals surface area contributed by atoms with E-state index in [9.17, 15) is 0 Å². The Labute approximate surface area is 116 Å². The average Bonchev–Trinajstić information content (AvgIpc) is 2.71. The number of nitrogens with zero attached hydrogens (tertiary/aromatic N) is 2. The van der Waals surface area contributed by atoms with Crippen LogP contribution in [0.2, 0.25) is 0 Å². The molecule has 1 aliphatic rings. The van der Waals surface area contributed by atoms with Gasteiger partial charge in [0, 0.05) is 6.54 Å². The highest BCUT2D eigenvalue weighted by Gasteiger charge is 2.26. The van der Waals surface area contributed by atoms with E-state index in [0.717, 1.165) is 19.5 Å².